The van der Waals surface area contributed by atoms with Gasteiger partial charge in [-0.1, -0.05) is 41.6 Å². The van der Waals surface area contributed by atoms with Crippen molar-refractivity contribution in [3.8, 4) is 11.8 Å². The zero-order valence-corrected chi connectivity index (χ0v) is 19.3. The van der Waals surface area contributed by atoms with E-state index >= 15 is 0 Å². The largest absolute Gasteiger partial charge is 0.343 e. The third kappa shape index (κ3) is 5.24. The standard InChI is InChI=1S/C25H24ClN5O2/c1-17-14-20(9-8-19-6-4-3-5-7-19)15-27-24(17)29-25(33)23-22(26)16-28-31(23)21-10-12-30(13-11-21)18(2)32/h3-7,14-16,21H,10-13H2,1-2H3,(H,27,29,33). The van der Waals surface area contributed by atoms with Gasteiger partial charge in [-0.25, -0.2) is 4.98 Å². The summed E-state index contributed by atoms with van der Waals surface area (Å²) < 4.78 is 1.67. The normalized spacial score (nSPS) is 13.8. The Hall–Kier alpha value is -3.63. The highest BCUT2D eigenvalue weighted by Gasteiger charge is 2.28. The molecule has 1 aliphatic rings. The van der Waals surface area contributed by atoms with E-state index in [9.17, 15) is 9.59 Å². The minimum absolute atomic E-state index is 0.00135. The number of carbonyl (C=O) groups is 2. The van der Waals surface area contributed by atoms with E-state index in [1.165, 1.54) is 6.20 Å². The Balaban J connectivity index is 1.48. The van der Waals surface area contributed by atoms with Gasteiger partial charge < -0.3 is 10.2 Å². The second-order valence-electron chi connectivity index (χ2n) is 7.98. The van der Waals surface area contributed by atoms with E-state index in [0.717, 1.165) is 16.7 Å². The van der Waals surface area contributed by atoms with Crippen LogP contribution in [0.5, 0.6) is 0 Å². The van der Waals surface area contributed by atoms with Crippen molar-refractivity contribution in [1.29, 1.82) is 0 Å². The molecule has 1 N–H and O–H groups in total. The van der Waals surface area contributed by atoms with E-state index in [1.54, 1.807) is 22.7 Å². The molecule has 3 aromatic rings. The van der Waals surface area contributed by atoms with Crippen molar-refractivity contribution in [1.82, 2.24) is 19.7 Å². The fourth-order valence-electron chi connectivity index (χ4n) is 3.86. The van der Waals surface area contributed by atoms with Crippen LogP contribution in [-0.2, 0) is 4.79 Å². The van der Waals surface area contributed by atoms with E-state index in [1.807, 2.05) is 43.3 Å². The Morgan fingerprint density at radius 2 is 1.79 bits per heavy atom. The number of pyridine rings is 1. The lowest BCUT2D eigenvalue weighted by Gasteiger charge is -2.32. The van der Waals surface area contributed by atoms with Crippen molar-refractivity contribution in [2.45, 2.75) is 32.7 Å². The van der Waals surface area contributed by atoms with Gasteiger partial charge in [-0.2, -0.15) is 5.10 Å². The van der Waals surface area contributed by atoms with E-state index in [4.69, 9.17) is 11.6 Å². The molecule has 0 spiro atoms. The van der Waals surface area contributed by atoms with E-state index in [2.05, 4.69) is 27.2 Å². The second kappa shape index (κ2) is 9.88. The highest BCUT2D eigenvalue weighted by molar-refractivity contribution is 6.34. The van der Waals surface area contributed by atoms with Crippen LogP contribution in [0.2, 0.25) is 5.02 Å². The smallest absolute Gasteiger partial charge is 0.276 e. The average Bonchev–Trinajstić information content (AvgIpc) is 3.21. The number of rotatable bonds is 3. The number of benzene rings is 1. The predicted octanol–water partition coefficient (Wildman–Crippen LogP) is 4.08. The van der Waals surface area contributed by atoms with E-state index < -0.39 is 0 Å². The number of amides is 2. The quantitative estimate of drug-likeness (QED) is 0.596. The fourth-order valence-corrected chi connectivity index (χ4v) is 4.08. The molecule has 0 aliphatic carbocycles. The first-order chi connectivity index (χ1) is 15.9. The number of likely N-dealkylation sites (tertiary alicyclic amines) is 1. The van der Waals surface area contributed by atoms with E-state index in [0.29, 0.717) is 37.4 Å². The van der Waals surface area contributed by atoms with Crippen LogP contribution >= 0.6 is 11.6 Å². The number of carbonyl (C=O) groups excluding carboxylic acids is 2. The maximum atomic E-state index is 13.1. The maximum Gasteiger partial charge on any atom is 0.276 e. The Morgan fingerprint density at radius 3 is 2.45 bits per heavy atom. The van der Waals surface area contributed by atoms with Crippen LogP contribution < -0.4 is 5.32 Å². The zero-order chi connectivity index (χ0) is 23.4. The molecule has 1 aliphatic heterocycles. The minimum atomic E-state index is -0.370. The first-order valence-corrected chi connectivity index (χ1v) is 11.1. The summed E-state index contributed by atoms with van der Waals surface area (Å²) in [6.07, 6.45) is 4.54. The number of halogens is 1. The van der Waals surface area contributed by atoms with Gasteiger partial charge in [-0.15, -0.1) is 0 Å². The Morgan fingerprint density at radius 1 is 1.09 bits per heavy atom. The highest BCUT2D eigenvalue weighted by Crippen LogP contribution is 2.27. The Kier molecular flexibility index (Phi) is 6.76. The average molecular weight is 462 g/mol. The number of nitrogens with zero attached hydrogens (tertiary/aromatic N) is 4. The first-order valence-electron chi connectivity index (χ1n) is 10.8. The summed E-state index contributed by atoms with van der Waals surface area (Å²) in [5.74, 6) is 6.33. The van der Waals surface area contributed by atoms with Gasteiger partial charge in [0.15, 0.2) is 0 Å². The van der Waals surface area contributed by atoms with Gasteiger partial charge in [0.05, 0.1) is 17.3 Å². The lowest BCUT2D eigenvalue weighted by Crippen LogP contribution is -2.38. The van der Waals surface area contributed by atoms with Crippen LogP contribution in [-0.4, -0.2) is 44.6 Å². The summed E-state index contributed by atoms with van der Waals surface area (Å²) >= 11 is 6.32. The number of nitrogens with one attached hydrogen (secondary N) is 1. The molecule has 168 valence electrons. The monoisotopic (exact) mass is 461 g/mol. The Bertz CT molecular complexity index is 1230. The molecule has 0 saturated carbocycles. The molecule has 8 heteroatoms. The number of piperidine rings is 1. The number of hydrogen-bond acceptors (Lipinski definition) is 4. The highest BCUT2D eigenvalue weighted by atomic mass is 35.5. The maximum absolute atomic E-state index is 13.1. The predicted molar refractivity (Wildman–Crippen MR) is 127 cm³/mol. The number of aryl methyl sites for hydroxylation is 1. The summed E-state index contributed by atoms with van der Waals surface area (Å²) in [6, 6.07) is 11.6. The summed E-state index contributed by atoms with van der Waals surface area (Å²) in [5.41, 5.74) is 2.77. The zero-order valence-electron chi connectivity index (χ0n) is 18.5. The molecule has 0 atom stereocenters. The van der Waals surface area contributed by atoms with Crippen molar-refractivity contribution < 1.29 is 9.59 Å². The van der Waals surface area contributed by atoms with Crippen molar-refractivity contribution in [2.75, 3.05) is 18.4 Å². The molecule has 3 heterocycles. The Labute approximate surface area is 197 Å². The summed E-state index contributed by atoms with van der Waals surface area (Å²) in [4.78, 5) is 30.9. The SMILES string of the molecule is CC(=O)N1CCC(n2ncc(Cl)c2C(=O)Nc2ncc(C#Cc3ccccc3)cc2C)CC1. The summed E-state index contributed by atoms with van der Waals surface area (Å²) in [6.45, 7) is 4.69. The van der Waals surface area contributed by atoms with Crippen molar-refractivity contribution >= 4 is 29.2 Å². The van der Waals surface area contributed by atoms with Gasteiger partial charge in [0, 0.05) is 37.3 Å². The van der Waals surface area contributed by atoms with Crippen LogP contribution in [0, 0.1) is 18.8 Å². The fraction of sp³-hybridized carbons (Fsp3) is 0.280. The molecule has 2 aromatic heterocycles. The van der Waals surface area contributed by atoms with Gasteiger partial charge in [0.1, 0.15) is 11.5 Å². The topological polar surface area (TPSA) is 80.1 Å². The molecule has 0 unspecified atom stereocenters. The second-order valence-corrected chi connectivity index (χ2v) is 8.39. The molecular weight excluding hydrogens is 438 g/mol. The lowest BCUT2D eigenvalue weighted by molar-refractivity contribution is -0.130. The molecular formula is C25H24ClN5O2. The van der Waals surface area contributed by atoms with Gasteiger partial charge >= 0.3 is 0 Å². The van der Waals surface area contributed by atoms with Crippen molar-refractivity contribution in [2.24, 2.45) is 0 Å². The first kappa shape index (κ1) is 22.6. The number of aromatic nitrogens is 3. The summed E-state index contributed by atoms with van der Waals surface area (Å²) in [5, 5.41) is 7.48. The third-order valence-corrected chi connectivity index (χ3v) is 5.93. The molecule has 1 aromatic carbocycles. The summed E-state index contributed by atoms with van der Waals surface area (Å²) in [7, 11) is 0. The molecule has 4 rings (SSSR count). The van der Waals surface area contributed by atoms with Crippen molar-refractivity contribution in [3.05, 3.63) is 76.2 Å². The van der Waals surface area contributed by atoms with E-state index in [-0.39, 0.29) is 22.9 Å². The lowest BCUT2D eigenvalue weighted by atomic mass is 10.0. The molecule has 1 saturated heterocycles. The van der Waals surface area contributed by atoms with Gasteiger partial charge in [-0.3, -0.25) is 14.3 Å². The van der Waals surface area contributed by atoms with Crippen LogP contribution in [0.25, 0.3) is 0 Å². The minimum Gasteiger partial charge on any atom is -0.343 e. The number of anilines is 1. The molecule has 0 radical (unpaired) electrons. The molecule has 33 heavy (non-hydrogen) atoms. The van der Waals surface area contributed by atoms with Gasteiger partial charge in [-0.05, 0) is 43.5 Å². The van der Waals surface area contributed by atoms with Crippen LogP contribution in [0.15, 0.2) is 48.8 Å². The number of hydrogen-bond donors (Lipinski definition) is 1. The van der Waals surface area contributed by atoms with Crippen LogP contribution in [0.3, 0.4) is 0 Å². The van der Waals surface area contributed by atoms with Gasteiger partial charge in [0.25, 0.3) is 5.91 Å². The van der Waals surface area contributed by atoms with Crippen molar-refractivity contribution in [3.63, 3.8) is 0 Å². The third-order valence-electron chi connectivity index (χ3n) is 5.66. The molecule has 7 nitrogen and oxygen atoms in total. The van der Waals surface area contributed by atoms with Crippen LogP contribution in [0.1, 0.15) is 53.0 Å². The van der Waals surface area contributed by atoms with Crippen LogP contribution in [0.4, 0.5) is 5.82 Å². The molecule has 1 fully saturated rings. The van der Waals surface area contributed by atoms with Gasteiger partial charge in [0.2, 0.25) is 5.91 Å². The molecule has 2 amide bonds. The molecule has 0 bridgehead atoms.